The van der Waals surface area contributed by atoms with Gasteiger partial charge in [-0.05, 0) is 12.5 Å². The maximum absolute atomic E-state index is 5.93. The van der Waals surface area contributed by atoms with E-state index < -0.39 is 0 Å². The van der Waals surface area contributed by atoms with Crippen LogP contribution in [0.3, 0.4) is 0 Å². The lowest BCUT2D eigenvalue weighted by molar-refractivity contribution is 0.193. The molecule has 3 N–H and O–H groups in total. The van der Waals surface area contributed by atoms with E-state index in [0.717, 1.165) is 41.5 Å². The number of aromatic amines is 1. The molecular weight excluding hydrogens is 328 g/mol. The van der Waals surface area contributed by atoms with Crippen molar-refractivity contribution in [3.8, 4) is 11.3 Å². The molecule has 7 nitrogen and oxygen atoms in total. The Kier molecular flexibility index (Phi) is 4.53. The Balaban J connectivity index is 1.51. The number of ether oxygens (including phenoxy) is 1. The number of rotatable bonds is 5. The highest BCUT2D eigenvalue weighted by molar-refractivity contribution is 5.59. The van der Waals surface area contributed by atoms with E-state index in [-0.39, 0.29) is 0 Å². The summed E-state index contributed by atoms with van der Waals surface area (Å²) in [7, 11) is 1.99. The summed E-state index contributed by atoms with van der Waals surface area (Å²) >= 11 is 0. The molecule has 0 amide bonds. The second-order valence-corrected chi connectivity index (χ2v) is 6.57. The first-order valence-corrected chi connectivity index (χ1v) is 8.72. The van der Waals surface area contributed by atoms with Crippen LogP contribution in [0.25, 0.3) is 11.3 Å². The minimum atomic E-state index is 0.296. The molecule has 134 valence electrons. The van der Waals surface area contributed by atoms with Gasteiger partial charge in [0.1, 0.15) is 5.82 Å². The molecule has 0 bridgehead atoms. The van der Waals surface area contributed by atoms with E-state index in [1.807, 2.05) is 48.3 Å². The largest absolute Gasteiger partial charge is 0.381 e. The van der Waals surface area contributed by atoms with Crippen molar-refractivity contribution < 1.29 is 4.74 Å². The lowest BCUT2D eigenvalue weighted by atomic mass is 10.0. The third kappa shape index (κ3) is 3.52. The Morgan fingerprint density at radius 2 is 2.08 bits per heavy atom. The molecule has 0 radical (unpaired) electrons. The molecule has 1 saturated heterocycles. The molecule has 0 spiro atoms. The molecule has 2 aromatic heterocycles. The zero-order valence-corrected chi connectivity index (χ0v) is 14.7. The molecule has 0 aliphatic carbocycles. The average Bonchev–Trinajstić information content (AvgIpc) is 3.34. The first kappa shape index (κ1) is 16.5. The number of nitrogens with zero attached hydrogens (tertiary/aromatic N) is 4. The van der Waals surface area contributed by atoms with Crippen LogP contribution in [0.15, 0.2) is 42.5 Å². The number of H-pyrrole nitrogens is 1. The number of nitrogens with one attached hydrogen (secondary N) is 1. The third-order valence-electron chi connectivity index (χ3n) is 4.60. The van der Waals surface area contributed by atoms with Crippen LogP contribution in [-0.2, 0) is 11.3 Å². The van der Waals surface area contributed by atoms with Crippen molar-refractivity contribution in [2.45, 2.75) is 18.9 Å². The summed E-state index contributed by atoms with van der Waals surface area (Å²) in [5.74, 6) is 1.39. The van der Waals surface area contributed by atoms with E-state index in [4.69, 9.17) is 10.5 Å². The zero-order valence-electron chi connectivity index (χ0n) is 14.7. The maximum atomic E-state index is 5.93. The highest BCUT2D eigenvalue weighted by Crippen LogP contribution is 2.27. The molecule has 1 fully saturated rings. The van der Waals surface area contributed by atoms with Crippen LogP contribution in [0.5, 0.6) is 0 Å². The molecule has 7 heteroatoms. The third-order valence-corrected chi connectivity index (χ3v) is 4.60. The molecule has 1 aliphatic heterocycles. The Labute approximate surface area is 152 Å². The molecule has 0 unspecified atom stereocenters. The van der Waals surface area contributed by atoms with Gasteiger partial charge in [-0.3, -0.25) is 5.10 Å². The van der Waals surface area contributed by atoms with Crippen LogP contribution in [-0.4, -0.2) is 40.4 Å². The van der Waals surface area contributed by atoms with Crippen LogP contribution >= 0.6 is 0 Å². The van der Waals surface area contributed by atoms with E-state index in [2.05, 4.69) is 26.2 Å². The first-order chi connectivity index (χ1) is 12.7. The van der Waals surface area contributed by atoms with Gasteiger partial charge >= 0.3 is 0 Å². The van der Waals surface area contributed by atoms with E-state index in [9.17, 15) is 0 Å². The molecule has 1 atom stereocenters. The van der Waals surface area contributed by atoms with Gasteiger partial charge in [0.05, 0.1) is 30.2 Å². The fraction of sp³-hybridized carbons (Fsp3) is 0.316. The first-order valence-electron chi connectivity index (χ1n) is 8.72. The molecule has 26 heavy (non-hydrogen) atoms. The minimum absolute atomic E-state index is 0.296. The van der Waals surface area contributed by atoms with E-state index in [1.54, 1.807) is 0 Å². The second-order valence-electron chi connectivity index (χ2n) is 6.57. The van der Waals surface area contributed by atoms with Crippen molar-refractivity contribution in [1.82, 2.24) is 20.2 Å². The Morgan fingerprint density at radius 1 is 1.23 bits per heavy atom. The molecule has 4 rings (SSSR count). The summed E-state index contributed by atoms with van der Waals surface area (Å²) in [5.41, 5.74) is 9.91. The lowest BCUT2D eigenvalue weighted by Gasteiger charge is -2.19. The van der Waals surface area contributed by atoms with Gasteiger partial charge in [0, 0.05) is 31.2 Å². The molecule has 3 aromatic rings. The van der Waals surface area contributed by atoms with Crippen molar-refractivity contribution in [1.29, 1.82) is 0 Å². The van der Waals surface area contributed by atoms with Crippen molar-refractivity contribution in [2.75, 3.05) is 30.9 Å². The molecule has 1 aliphatic rings. The summed E-state index contributed by atoms with van der Waals surface area (Å²) in [5, 5.41) is 7.51. The van der Waals surface area contributed by atoms with Gasteiger partial charge in [0.25, 0.3) is 0 Å². The topological polar surface area (TPSA) is 93.0 Å². The van der Waals surface area contributed by atoms with Crippen LogP contribution in [0, 0.1) is 0 Å². The average molecular weight is 350 g/mol. The number of anilines is 2. The predicted octanol–water partition coefficient (Wildman–Crippen LogP) is 2.59. The van der Waals surface area contributed by atoms with Gasteiger partial charge in [0.2, 0.25) is 5.95 Å². The summed E-state index contributed by atoms with van der Waals surface area (Å²) in [6.45, 7) is 2.12. The molecule has 1 aromatic carbocycles. The zero-order chi connectivity index (χ0) is 17.9. The summed E-state index contributed by atoms with van der Waals surface area (Å²) in [4.78, 5) is 10.8. The summed E-state index contributed by atoms with van der Waals surface area (Å²) in [6, 6.07) is 14.2. The monoisotopic (exact) mass is 350 g/mol. The van der Waals surface area contributed by atoms with Gasteiger partial charge < -0.3 is 15.4 Å². The van der Waals surface area contributed by atoms with Gasteiger partial charge in [0.15, 0.2) is 0 Å². The summed E-state index contributed by atoms with van der Waals surface area (Å²) in [6.07, 6.45) is 0.973. The van der Waals surface area contributed by atoms with Crippen molar-refractivity contribution in [3.63, 3.8) is 0 Å². The van der Waals surface area contributed by atoms with Gasteiger partial charge in [-0.25, -0.2) is 4.98 Å². The fourth-order valence-corrected chi connectivity index (χ4v) is 3.18. The van der Waals surface area contributed by atoms with Crippen molar-refractivity contribution in [3.05, 3.63) is 53.9 Å². The van der Waals surface area contributed by atoms with Gasteiger partial charge in [-0.1, -0.05) is 30.3 Å². The highest BCUT2D eigenvalue weighted by atomic mass is 16.5. The smallest absolute Gasteiger partial charge is 0.222 e. The maximum Gasteiger partial charge on any atom is 0.222 e. The lowest BCUT2D eigenvalue weighted by Crippen LogP contribution is -2.20. The van der Waals surface area contributed by atoms with Gasteiger partial charge in [-0.2, -0.15) is 10.1 Å². The predicted molar refractivity (Wildman–Crippen MR) is 101 cm³/mol. The molecular formula is C19H22N6O. The second kappa shape index (κ2) is 7.13. The van der Waals surface area contributed by atoms with Crippen molar-refractivity contribution in [2.24, 2.45) is 0 Å². The standard InChI is InChI=1S/C19H22N6O/c1-25(11-15-9-17(24-23-15)13-5-3-2-4-6-13)18-10-16(21-19(20)22-18)14-7-8-26-12-14/h2-6,9-10,14H,7-8,11-12H2,1H3,(H,23,24)(H2,20,21,22)/t14-/m0/s1. The Morgan fingerprint density at radius 3 is 2.85 bits per heavy atom. The number of nitrogens with two attached hydrogens (primary N) is 1. The molecule has 0 saturated carbocycles. The van der Waals surface area contributed by atoms with Crippen molar-refractivity contribution >= 4 is 11.8 Å². The quantitative estimate of drug-likeness (QED) is 0.735. The van der Waals surface area contributed by atoms with E-state index >= 15 is 0 Å². The minimum Gasteiger partial charge on any atom is -0.381 e. The Bertz CT molecular complexity index is 873. The van der Waals surface area contributed by atoms with Crippen LogP contribution in [0.4, 0.5) is 11.8 Å². The number of hydrogen-bond donors (Lipinski definition) is 2. The van der Waals surface area contributed by atoms with Gasteiger partial charge in [-0.15, -0.1) is 0 Å². The number of benzene rings is 1. The van der Waals surface area contributed by atoms with E-state index in [0.29, 0.717) is 25.0 Å². The number of nitrogen functional groups attached to an aromatic ring is 1. The van der Waals surface area contributed by atoms with Crippen LogP contribution < -0.4 is 10.6 Å². The van der Waals surface area contributed by atoms with Crippen LogP contribution in [0.1, 0.15) is 23.7 Å². The fourth-order valence-electron chi connectivity index (χ4n) is 3.18. The summed E-state index contributed by atoms with van der Waals surface area (Å²) < 4.78 is 5.46. The number of aromatic nitrogens is 4. The van der Waals surface area contributed by atoms with E-state index in [1.165, 1.54) is 0 Å². The SMILES string of the molecule is CN(Cc1cc(-c2ccccc2)n[nH]1)c1cc([C@H]2CCOC2)nc(N)n1. The Hall–Kier alpha value is -2.93. The molecule has 3 heterocycles. The van der Waals surface area contributed by atoms with Crippen LogP contribution in [0.2, 0.25) is 0 Å². The highest BCUT2D eigenvalue weighted by Gasteiger charge is 2.21. The normalized spacial score (nSPS) is 16.7. The number of hydrogen-bond acceptors (Lipinski definition) is 6.